The number of benzene rings is 1. The number of ether oxygens (including phenoxy) is 1. The van der Waals surface area contributed by atoms with Crippen molar-refractivity contribution in [3.8, 4) is 5.75 Å². The molecule has 0 bridgehead atoms. The van der Waals surface area contributed by atoms with E-state index >= 15 is 0 Å². The predicted molar refractivity (Wildman–Crippen MR) is 83.1 cm³/mol. The molecule has 1 aliphatic rings. The van der Waals surface area contributed by atoms with Gasteiger partial charge in [0.25, 0.3) is 0 Å². The van der Waals surface area contributed by atoms with Gasteiger partial charge in [0.1, 0.15) is 5.75 Å². The lowest BCUT2D eigenvalue weighted by molar-refractivity contribution is 0.103. The van der Waals surface area contributed by atoms with Crippen LogP contribution in [0.2, 0.25) is 0 Å². The first-order chi connectivity index (χ1) is 10.7. The van der Waals surface area contributed by atoms with Crippen LogP contribution in [0.4, 0.5) is 0 Å². The predicted octanol–water partition coefficient (Wildman–Crippen LogP) is 3.27. The molecular weight excluding hydrogens is 278 g/mol. The van der Waals surface area contributed by atoms with Gasteiger partial charge < -0.3 is 4.74 Å². The normalized spacial score (nSPS) is 21.5. The number of hydrogen-bond donors (Lipinski definition) is 0. The van der Waals surface area contributed by atoms with E-state index in [4.69, 9.17) is 4.74 Å². The Balaban J connectivity index is 1.79. The highest BCUT2D eigenvalue weighted by Gasteiger charge is 2.23. The molecule has 1 aromatic heterocycles. The van der Waals surface area contributed by atoms with Crippen molar-refractivity contribution in [2.75, 3.05) is 7.11 Å². The summed E-state index contributed by atoms with van der Waals surface area (Å²) in [6, 6.07) is 7.48. The Bertz CT molecular complexity index is 665. The maximum atomic E-state index is 12.5. The number of hydrogen-bond acceptors (Lipinski definition) is 4. The molecule has 0 amide bonds. The van der Waals surface area contributed by atoms with E-state index in [1.54, 1.807) is 31.5 Å². The van der Waals surface area contributed by atoms with Crippen LogP contribution < -0.4 is 4.74 Å². The maximum Gasteiger partial charge on any atom is 0.215 e. The summed E-state index contributed by atoms with van der Waals surface area (Å²) in [5.41, 5.74) is 0.967. The summed E-state index contributed by atoms with van der Waals surface area (Å²) in [6.07, 6.45) is 6.49. The van der Waals surface area contributed by atoms with E-state index < -0.39 is 0 Å². The maximum absolute atomic E-state index is 12.5. The van der Waals surface area contributed by atoms with Gasteiger partial charge in [-0.15, -0.1) is 5.10 Å². The molecule has 1 aromatic carbocycles. The van der Waals surface area contributed by atoms with Gasteiger partial charge in [-0.05, 0) is 30.9 Å². The highest BCUT2D eigenvalue weighted by atomic mass is 16.5. The highest BCUT2D eigenvalue weighted by molar-refractivity contribution is 6.07. The second-order valence-corrected chi connectivity index (χ2v) is 6.07. The van der Waals surface area contributed by atoms with Gasteiger partial charge in [-0.3, -0.25) is 4.79 Å². The minimum absolute atomic E-state index is 0.117. The van der Waals surface area contributed by atoms with Crippen LogP contribution in [0.25, 0.3) is 0 Å². The highest BCUT2D eigenvalue weighted by Crippen LogP contribution is 2.31. The smallest absolute Gasteiger partial charge is 0.215 e. The summed E-state index contributed by atoms with van der Waals surface area (Å²) < 4.78 is 7.02. The van der Waals surface area contributed by atoms with Crippen LogP contribution in [0.5, 0.6) is 5.75 Å². The number of carbonyl (C=O) groups excluding carboxylic acids is 1. The molecule has 2 aromatic rings. The zero-order valence-corrected chi connectivity index (χ0v) is 13.0. The van der Waals surface area contributed by atoms with Crippen molar-refractivity contribution in [1.82, 2.24) is 15.0 Å². The average Bonchev–Trinajstić information content (AvgIpc) is 3.04. The molecule has 1 saturated carbocycles. The first-order valence-electron chi connectivity index (χ1n) is 7.78. The van der Waals surface area contributed by atoms with Crippen LogP contribution >= 0.6 is 0 Å². The minimum Gasteiger partial charge on any atom is -0.497 e. The van der Waals surface area contributed by atoms with Crippen LogP contribution in [0, 0.1) is 5.92 Å². The van der Waals surface area contributed by atoms with Crippen molar-refractivity contribution >= 4 is 5.78 Å². The first-order valence-corrected chi connectivity index (χ1v) is 7.78. The van der Waals surface area contributed by atoms with E-state index in [0.717, 1.165) is 12.8 Å². The van der Waals surface area contributed by atoms with E-state index in [1.807, 2.05) is 10.7 Å². The molecule has 3 rings (SSSR count). The minimum atomic E-state index is -0.117. The molecule has 22 heavy (non-hydrogen) atoms. The molecule has 1 aliphatic carbocycles. The van der Waals surface area contributed by atoms with Crippen molar-refractivity contribution in [2.24, 2.45) is 5.92 Å². The van der Waals surface area contributed by atoms with Crippen molar-refractivity contribution in [3.63, 3.8) is 0 Å². The zero-order chi connectivity index (χ0) is 15.5. The summed E-state index contributed by atoms with van der Waals surface area (Å²) in [7, 11) is 1.59. The van der Waals surface area contributed by atoms with Crippen molar-refractivity contribution in [3.05, 3.63) is 41.7 Å². The Labute approximate surface area is 130 Å². The lowest BCUT2D eigenvalue weighted by Gasteiger charge is -2.26. The fraction of sp³-hybridized carbons (Fsp3) is 0.471. The van der Waals surface area contributed by atoms with Gasteiger partial charge in [0.2, 0.25) is 5.78 Å². The summed E-state index contributed by atoms with van der Waals surface area (Å²) in [6.45, 7) is 2.27. The second-order valence-electron chi connectivity index (χ2n) is 6.07. The molecule has 0 spiro atoms. The number of rotatable bonds is 4. The quantitative estimate of drug-likeness (QED) is 0.813. The van der Waals surface area contributed by atoms with E-state index in [2.05, 4.69) is 17.2 Å². The molecule has 0 radical (unpaired) electrons. The van der Waals surface area contributed by atoms with Crippen LogP contribution in [0.1, 0.15) is 54.7 Å². The van der Waals surface area contributed by atoms with Gasteiger partial charge >= 0.3 is 0 Å². The molecular formula is C17H21N3O2. The largest absolute Gasteiger partial charge is 0.497 e. The summed E-state index contributed by atoms with van der Waals surface area (Å²) in [5, 5.41) is 8.25. The molecule has 0 aliphatic heterocycles. The summed E-state index contributed by atoms with van der Waals surface area (Å²) in [4.78, 5) is 12.5. The molecule has 2 unspecified atom stereocenters. The molecule has 2 atom stereocenters. The Morgan fingerprint density at radius 2 is 2.23 bits per heavy atom. The topological polar surface area (TPSA) is 57.0 Å². The average molecular weight is 299 g/mol. The SMILES string of the molecule is COc1cccc(C(=O)c2cn(C3CCCC(C)C3)nn2)c1. The van der Waals surface area contributed by atoms with E-state index in [9.17, 15) is 4.79 Å². The van der Waals surface area contributed by atoms with Gasteiger partial charge in [-0.2, -0.15) is 0 Å². The second kappa shape index (κ2) is 6.30. The monoisotopic (exact) mass is 299 g/mol. The Morgan fingerprint density at radius 3 is 3.00 bits per heavy atom. The summed E-state index contributed by atoms with van der Waals surface area (Å²) >= 11 is 0. The molecule has 1 fully saturated rings. The van der Waals surface area contributed by atoms with Crippen LogP contribution in [0.15, 0.2) is 30.5 Å². The molecule has 116 valence electrons. The fourth-order valence-corrected chi connectivity index (χ4v) is 3.11. The van der Waals surface area contributed by atoms with E-state index in [-0.39, 0.29) is 5.78 Å². The van der Waals surface area contributed by atoms with Crippen LogP contribution in [0.3, 0.4) is 0 Å². The zero-order valence-electron chi connectivity index (χ0n) is 13.0. The Kier molecular flexibility index (Phi) is 4.22. The number of carbonyl (C=O) groups is 1. The summed E-state index contributed by atoms with van der Waals surface area (Å²) in [5.74, 6) is 1.26. The van der Waals surface area contributed by atoms with Crippen molar-refractivity contribution in [2.45, 2.75) is 38.6 Å². The molecule has 5 nitrogen and oxygen atoms in total. The van der Waals surface area contributed by atoms with Crippen LogP contribution in [-0.4, -0.2) is 27.9 Å². The fourth-order valence-electron chi connectivity index (χ4n) is 3.11. The molecule has 0 saturated heterocycles. The molecule has 0 N–H and O–H groups in total. The lowest BCUT2D eigenvalue weighted by Crippen LogP contribution is -2.18. The number of aromatic nitrogens is 3. The van der Waals surface area contributed by atoms with E-state index in [1.165, 1.54) is 12.8 Å². The van der Waals surface area contributed by atoms with Crippen molar-refractivity contribution < 1.29 is 9.53 Å². The van der Waals surface area contributed by atoms with E-state index in [0.29, 0.717) is 29.0 Å². The van der Waals surface area contributed by atoms with Gasteiger partial charge in [-0.1, -0.05) is 37.1 Å². The van der Waals surface area contributed by atoms with Gasteiger partial charge in [0, 0.05) is 5.56 Å². The Hall–Kier alpha value is -2.17. The molecule has 5 heteroatoms. The third-order valence-corrected chi connectivity index (χ3v) is 4.36. The van der Waals surface area contributed by atoms with Crippen molar-refractivity contribution in [1.29, 1.82) is 0 Å². The van der Waals surface area contributed by atoms with Gasteiger partial charge in [-0.25, -0.2) is 4.68 Å². The molecule has 1 heterocycles. The standard InChI is InChI=1S/C17H21N3O2/c1-12-5-3-7-14(9-12)20-11-16(18-19-20)17(21)13-6-4-8-15(10-13)22-2/h4,6,8,10-12,14H,3,5,7,9H2,1-2H3. The number of methoxy groups -OCH3 is 1. The van der Waals surface area contributed by atoms with Crippen LogP contribution in [-0.2, 0) is 0 Å². The lowest BCUT2D eigenvalue weighted by atomic mass is 9.87. The first kappa shape index (κ1) is 14.8. The number of ketones is 1. The number of nitrogens with zero attached hydrogens (tertiary/aromatic N) is 3. The Morgan fingerprint density at radius 1 is 1.36 bits per heavy atom. The van der Waals surface area contributed by atoms with Gasteiger partial charge in [0.15, 0.2) is 5.69 Å². The van der Waals surface area contributed by atoms with Gasteiger partial charge in [0.05, 0.1) is 19.3 Å². The third-order valence-electron chi connectivity index (χ3n) is 4.36. The third kappa shape index (κ3) is 3.03.